The predicted molar refractivity (Wildman–Crippen MR) is 172 cm³/mol. The molecule has 0 amide bonds. The standard InChI is InChI=1S/C38H37NO5/c1-42-34-23-20-29(37(25-34)43-2)26-44-27-36(41)35(24-28-18-21-33(40)22-19-28)39-38(30-12-6-3-7-13-30,31-14-8-4-9-15-31)32-16-10-5-11-17-32/h3-23,25,35,39-40H,24,26-27H2,1-2H3/t35-/m1/s1. The molecule has 0 unspecified atom stereocenters. The summed E-state index contributed by atoms with van der Waals surface area (Å²) in [6, 6.07) is 42.4. The smallest absolute Gasteiger partial charge is 0.175 e. The number of nitrogens with one attached hydrogen (secondary N) is 1. The Kier molecular flexibility index (Phi) is 10.1. The number of carbonyl (C=O) groups excluding carboxylic acids is 1. The maximum Gasteiger partial charge on any atom is 0.175 e. The maximum atomic E-state index is 14.1. The fourth-order valence-electron chi connectivity index (χ4n) is 5.52. The van der Waals surface area contributed by atoms with Crippen LogP contribution < -0.4 is 14.8 Å². The summed E-state index contributed by atoms with van der Waals surface area (Å²) in [5.41, 5.74) is 3.89. The van der Waals surface area contributed by atoms with E-state index < -0.39 is 11.6 Å². The fraction of sp³-hybridized carbons (Fsp3) is 0.184. The number of ketones is 1. The second kappa shape index (κ2) is 14.5. The highest BCUT2D eigenvalue weighted by Crippen LogP contribution is 2.37. The minimum atomic E-state index is -0.847. The van der Waals surface area contributed by atoms with Gasteiger partial charge in [-0.3, -0.25) is 10.1 Å². The van der Waals surface area contributed by atoms with E-state index in [1.807, 2.05) is 78.9 Å². The second-order valence-electron chi connectivity index (χ2n) is 10.6. The number of benzene rings is 5. The summed E-state index contributed by atoms with van der Waals surface area (Å²) in [6.45, 7) is 0.0887. The van der Waals surface area contributed by atoms with E-state index in [0.29, 0.717) is 17.9 Å². The first-order chi connectivity index (χ1) is 21.5. The monoisotopic (exact) mass is 587 g/mol. The summed E-state index contributed by atoms with van der Waals surface area (Å²) in [5, 5.41) is 13.7. The highest BCUT2D eigenvalue weighted by atomic mass is 16.5. The van der Waals surface area contributed by atoms with Gasteiger partial charge in [0.2, 0.25) is 0 Å². The van der Waals surface area contributed by atoms with Crippen LogP contribution in [0.25, 0.3) is 0 Å². The van der Waals surface area contributed by atoms with Crippen molar-refractivity contribution in [1.29, 1.82) is 0 Å². The number of phenols is 1. The lowest BCUT2D eigenvalue weighted by molar-refractivity contribution is -0.126. The van der Waals surface area contributed by atoms with Gasteiger partial charge >= 0.3 is 0 Å². The van der Waals surface area contributed by atoms with Crippen LogP contribution in [-0.2, 0) is 28.1 Å². The number of hydrogen-bond donors (Lipinski definition) is 2. The molecule has 5 aromatic rings. The van der Waals surface area contributed by atoms with E-state index in [2.05, 4.69) is 41.7 Å². The number of ether oxygens (including phenoxy) is 3. The molecule has 5 rings (SSSR count). The van der Waals surface area contributed by atoms with Crippen LogP contribution in [0.3, 0.4) is 0 Å². The molecule has 0 aliphatic heterocycles. The van der Waals surface area contributed by atoms with Gasteiger partial charge in [-0.2, -0.15) is 0 Å². The zero-order chi connectivity index (χ0) is 30.8. The van der Waals surface area contributed by atoms with Crippen molar-refractivity contribution in [2.45, 2.75) is 24.6 Å². The summed E-state index contributed by atoms with van der Waals surface area (Å²) in [5.74, 6) is 1.39. The van der Waals surface area contributed by atoms with E-state index in [9.17, 15) is 9.90 Å². The van der Waals surface area contributed by atoms with E-state index >= 15 is 0 Å². The Balaban J connectivity index is 1.52. The predicted octanol–water partition coefficient (Wildman–Crippen LogP) is 6.69. The molecule has 0 bridgehead atoms. The minimum absolute atomic E-state index is 0.0993. The Morgan fingerprint density at radius 3 is 1.77 bits per heavy atom. The lowest BCUT2D eigenvalue weighted by atomic mass is 9.76. The first kappa shape index (κ1) is 30.5. The van der Waals surface area contributed by atoms with Crippen molar-refractivity contribution >= 4 is 5.78 Å². The normalized spacial score (nSPS) is 12.0. The van der Waals surface area contributed by atoms with E-state index in [0.717, 1.165) is 27.8 Å². The summed E-state index contributed by atoms with van der Waals surface area (Å²) in [6.07, 6.45) is 0.391. The van der Waals surface area contributed by atoms with Crippen molar-refractivity contribution in [2.75, 3.05) is 20.8 Å². The topological polar surface area (TPSA) is 77.0 Å². The van der Waals surface area contributed by atoms with Crippen LogP contribution in [0.2, 0.25) is 0 Å². The molecule has 0 radical (unpaired) electrons. The molecule has 5 aromatic carbocycles. The number of phenolic OH excluding ortho intramolecular Hbond substituents is 1. The zero-order valence-corrected chi connectivity index (χ0v) is 25.0. The van der Waals surface area contributed by atoms with Crippen LogP contribution in [0.4, 0.5) is 0 Å². The summed E-state index contributed by atoms with van der Waals surface area (Å²) in [7, 11) is 3.20. The van der Waals surface area contributed by atoms with Gasteiger partial charge in [0, 0.05) is 11.6 Å². The van der Waals surface area contributed by atoms with Crippen molar-refractivity contribution in [1.82, 2.24) is 5.32 Å². The molecule has 224 valence electrons. The molecule has 1 atom stereocenters. The van der Waals surface area contributed by atoms with Gasteiger partial charge in [0.15, 0.2) is 5.78 Å². The summed E-state index contributed by atoms with van der Waals surface area (Å²) in [4.78, 5) is 14.1. The van der Waals surface area contributed by atoms with Crippen LogP contribution >= 0.6 is 0 Å². The largest absolute Gasteiger partial charge is 0.508 e. The van der Waals surface area contributed by atoms with Gasteiger partial charge < -0.3 is 19.3 Å². The van der Waals surface area contributed by atoms with E-state index in [4.69, 9.17) is 14.2 Å². The molecule has 6 heteroatoms. The Morgan fingerprint density at radius 2 is 1.27 bits per heavy atom. The number of Topliss-reactive ketones (excluding diaryl/α,β-unsaturated/α-hetero) is 1. The van der Waals surface area contributed by atoms with Crippen LogP contribution in [0.5, 0.6) is 17.2 Å². The van der Waals surface area contributed by atoms with Crippen molar-refractivity contribution in [3.63, 3.8) is 0 Å². The van der Waals surface area contributed by atoms with Gasteiger partial charge in [-0.15, -0.1) is 0 Å². The molecule has 0 spiro atoms. The minimum Gasteiger partial charge on any atom is -0.508 e. The molecule has 44 heavy (non-hydrogen) atoms. The number of rotatable bonds is 14. The van der Waals surface area contributed by atoms with Crippen LogP contribution in [0.1, 0.15) is 27.8 Å². The number of methoxy groups -OCH3 is 2. The number of aromatic hydroxyl groups is 1. The quantitative estimate of drug-likeness (QED) is 0.141. The van der Waals surface area contributed by atoms with Crippen molar-refractivity contribution in [3.05, 3.63) is 161 Å². The number of carbonyl (C=O) groups is 1. The lowest BCUT2D eigenvalue weighted by Crippen LogP contribution is -2.54. The van der Waals surface area contributed by atoms with Crippen molar-refractivity contribution in [3.8, 4) is 17.2 Å². The molecule has 6 nitrogen and oxygen atoms in total. The Labute approximate surface area is 258 Å². The molecule has 2 N–H and O–H groups in total. The second-order valence-corrected chi connectivity index (χ2v) is 10.6. The Hall–Kier alpha value is -4.91. The highest BCUT2D eigenvalue weighted by Gasteiger charge is 2.39. The molecular formula is C38H37NO5. The SMILES string of the molecule is COc1ccc(COCC(=O)[C@@H](Cc2ccc(O)cc2)NC(c2ccccc2)(c2ccccc2)c2ccccc2)c(OC)c1. The molecule has 0 heterocycles. The lowest BCUT2D eigenvalue weighted by Gasteiger charge is -2.40. The number of hydrogen-bond acceptors (Lipinski definition) is 6. The van der Waals surface area contributed by atoms with Crippen molar-refractivity contribution in [2.24, 2.45) is 0 Å². The Morgan fingerprint density at radius 1 is 0.727 bits per heavy atom. The van der Waals surface area contributed by atoms with Gasteiger partial charge in [-0.05, 0) is 52.9 Å². The molecule has 0 aliphatic rings. The molecule has 0 aromatic heterocycles. The third-order valence-corrected chi connectivity index (χ3v) is 7.77. The maximum absolute atomic E-state index is 14.1. The molecule has 0 aliphatic carbocycles. The molecule has 0 saturated carbocycles. The first-order valence-corrected chi connectivity index (χ1v) is 14.6. The van der Waals surface area contributed by atoms with E-state index in [1.54, 1.807) is 32.4 Å². The average molecular weight is 588 g/mol. The molecule has 0 fully saturated rings. The summed E-state index contributed by atoms with van der Waals surface area (Å²) >= 11 is 0. The average Bonchev–Trinajstić information content (AvgIpc) is 3.08. The Bertz CT molecular complexity index is 1530. The van der Waals surface area contributed by atoms with Crippen LogP contribution in [0.15, 0.2) is 133 Å². The van der Waals surface area contributed by atoms with Gasteiger partial charge in [-0.1, -0.05) is 103 Å². The summed E-state index contributed by atoms with van der Waals surface area (Å²) < 4.78 is 16.8. The fourth-order valence-corrected chi connectivity index (χ4v) is 5.52. The van der Waals surface area contributed by atoms with Gasteiger partial charge in [0.1, 0.15) is 23.9 Å². The zero-order valence-electron chi connectivity index (χ0n) is 25.0. The van der Waals surface area contributed by atoms with Crippen molar-refractivity contribution < 1.29 is 24.1 Å². The first-order valence-electron chi connectivity index (χ1n) is 14.6. The van der Waals surface area contributed by atoms with Gasteiger partial charge in [0.05, 0.1) is 32.4 Å². The third-order valence-electron chi connectivity index (χ3n) is 7.77. The van der Waals surface area contributed by atoms with Crippen LogP contribution in [-0.4, -0.2) is 37.8 Å². The van der Waals surface area contributed by atoms with E-state index in [-0.39, 0.29) is 24.7 Å². The van der Waals surface area contributed by atoms with E-state index in [1.165, 1.54) is 0 Å². The molecule has 0 saturated heterocycles. The highest BCUT2D eigenvalue weighted by molar-refractivity contribution is 5.86. The molecular weight excluding hydrogens is 550 g/mol. The van der Waals surface area contributed by atoms with Crippen LogP contribution in [0, 0.1) is 0 Å². The van der Waals surface area contributed by atoms with Gasteiger partial charge in [0.25, 0.3) is 0 Å². The van der Waals surface area contributed by atoms with Gasteiger partial charge in [-0.25, -0.2) is 0 Å². The third kappa shape index (κ3) is 7.00.